The number of methoxy groups -OCH3 is 1. The Labute approximate surface area is 168 Å². The van der Waals surface area contributed by atoms with Crippen molar-refractivity contribution in [3.8, 4) is 11.5 Å². The van der Waals surface area contributed by atoms with Crippen LogP contribution in [-0.2, 0) is 9.59 Å². The second kappa shape index (κ2) is 7.60. The number of aromatic hydroxyl groups is 1. The van der Waals surface area contributed by atoms with Crippen LogP contribution >= 0.6 is 11.6 Å². The fraction of sp³-hybridized carbons (Fsp3) is 0.0556. The van der Waals surface area contributed by atoms with Crippen LogP contribution in [0.15, 0.2) is 42.0 Å². The first-order valence-corrected chi connectivity index (χ1v) is 8.33. The molecule has 2 aromatic carbocycles. The second-order valence-electron chi connectivity index (χ2n) is 5.78. The predicted molar refractivity (Wildman–Crippen MR) is 102 cm³/mol. The number of amides is 4. The summed E-state index contributed by atoms with van der Waals surface area (Å²) in [5.41, 5.74) is -0.910. The van der Waals surface area contributed by atoms with Crippen LogP contribution in [0.25, 0.3) is 6.08 Å². The van der Waals surface area contributed by atoms with E-state index in [1.54, 1.807) is 0 Å². The number of carbonyl (C=O) groups is 3. The number of benzene rings is 2. The van der Waals surface area contributed by atoms with Gasteiger partial charge in [0.2, 0.25) is 5.75 Å². The number of ether oxygens (including phenoxy) is 1. The number of hydrogen-bond acceptors (Lipinski definition) is 7. The zero-order valence-corrected chi connectivity index (χ0v) is 15.5. The quantitative estimate of drug-likeness (QED) is 0.337. The van der Waals surface area contributed by atoms with Crippen LogP contribution < -0.4 is 15.0 Å². The number of imide groups is 2. The van der Waals surface area contributed by atoms with Gasteiger partial charge in [0.1, 0.15) is 5.57 Å². The van der Waals surface area contributed by atoms with Gasteiger partial charge in [0.05, 0.1) is 17.7 Å². The Kier molecular flexibility index (Phi) is 5.20. The standard InChI is InChI=1S/C18H12ClN3O7/c1-29-14-8-9(7-13(15(14)23)22(27)28)6-12-16(24)20-18(26)21(17(12)25)11-4-2-10(19)3-5-11/h2-8,23H,1H3,(H,20,24,26)/b12-6-. The molecule has 2 N–H and O–H groups in total. The van der Waals surface area contributed by atoms with Gasteiger partial charge in [-0.05, 0) is 42.0 Å². The fourth-order valence-corrected chi connectivity index (χ4v) is 2.77. The number of anilines is 1. The first-order valence-electron chi connectivity index (χ1n) is 7.95. The number of nitrogens with one attached hydrogen (secondary N) is 1. The topological polar surface area (TPSA) is 139 Å². The van der Waals surface area contributed by atoms with Crippen LogP contribution in [0.3, 0.4) is 0 Å². The second-order valence-corrected chi connectivity index (χ2v) is 6.22. The van der Waals surface area contributed by atoms with Gasteiger partial charge in [-0.3, -0.25) is 25.0 Å². The number of rotatable bonds is 4. The number of phenols is 1. The van der Waals surface area contributed by atoms with Crippen molar-refractivity contribution in [1.82, 2.24) is 5.32 Å². The van der Waals surface area contributed by atoms with Crippen molar-refractivity contribution < 1.29 is 29.2 Å². The van der Waals surface area contributed by atoms with E-state index in [1.165, 1.54) is 37.4 Å². The lowest BCUT2D eigenvalue weighted by atomic mass is 10.1. The number of phenolic OH excluding ortho intramolecular Hbond substituents is 1. The molecule has 0 bridgehead atoms. The molecular weight excluding hydrogens is 406 g/mol. The van der Waals surface area contributed by atoms with E-state index in [1.807, 2.05) is 5.32 Å². The van der Waals surface area contributed by atoms with Crippen molar-refractivity contribution in [2.24, 2.45) is 0 Å². The van der Waals surface area contributed by atoms with Crippen molar-refractivity contribution in [2.75, 3.05) is 12.0 Å². The van der Waals surface area contributed by atoms with Crippen LogP contribution in [0, 0.1) is 10.1 Å². The minimum atomic E-state index is -0.972. The molecule has 1 saturated heterocycles. The maximum absolute atomic E-state index is 12.8. The van der Waals surface area contributed by atoms with Gasteiger partial charge in [-0.25, -0.2) is 9.69 Å². The Morgan fingerprint density at radius 3 is 2.45 bits per heavy atom. The average molecular weight is 418 g/mol. The SMILES string of the molecule is COc1cc(/C=C2/C(=O)NC(=O)N(c3ccc(Cl)cc3)C2=O)cc([N+](=O)[O-])c1O. The summed E-state index contributed by atoms with van der Waals surface area (Å²) in [4.78, 5) is 48.2. The molecule has 0 saturated carbocycles. The fourth-order valence-electron chi connectivity index (χ4n) is 2.64. The highest BCUT2D eigenvalue weighted by atomic mass is 35.5. The summed E-state index contributed by atoms with van der Waals surface area (Å²) in [6, 6.07) is 6.99. The minimum absolute atomic E-state index is 0.0373. The van der Waals surface area contributed by atoms with E-state index >= 15 is 0 Å². The van der Waals surface area contributed by atoms with E-state index in [4.69, 9.17) is 16.3 Å². The smallest absolute Gasteiger partial charge is 0.335 e. The summed E-state index contributed by atoms with van der Waals surface area (Å²) < 4.78 is 4.89. The number of nitrogens with zero attached hydrogens (tertiary/aromatic N) is 2. The molecule has 1 aliphatic heterocycles. The monoisotopic (exact) mass is 417 g/mol. The van der Waals surface area contributed by atoms with Gasteiger partial charge in [0.15, 0.2) is 5.75 Å². The molecule has 29 heavy (non-hydrogen) atoms. The third kappa shape index (κ3) is 3.73. The number of urea groups is 1. The van der Waals surface area contributed by atoms with E-state index in [0.717, 1.165) is 17.0 Å². The first-order chi connectivity index (χ1) is 13.7. The molecule has 10 nitrogen and oxygen atoms in total. The summed E-state index contributed by atoms with van der Waals surface area (Å²) >= 11 is 5.81. The van der Waals surface area contributed by atoms with Gasteiger partial charge in [0.25, 0.3) is 11.8 Å². The van der Waals surface area contributed by atoms with Gasteiger partial charge in [0, 0.05) is 11.1 Å². The summed E-state index contributed by atoms with van der Waals surface area (Å²) in [6.07, 6.45) is 1.06. The number of barbiturate groups is 1. The van der Waals surface area contributed by atoms with Crippen molar-refractivity contribution in [3.63, 3.8) is 0 Å². The molecule has 0 unspecified atom stereocenters. The molecule has 1 heterocycles. The maximum atomic E-state index is 12.8. The molecule has 3 rings (SSSR count). The van der Waals surface area contributed by atoms with Gasteiger partial charge in [-0.2, -0.15) is 0 Å². The van der Waals surface area contributed by atoms with Crippen molar-refractivity contribution in [2.45, 2.75) is 0 Å². The molecule has 11 heteroatoms. The molecule has 0 aromatic heterocycles. The highest BCUT2D eigenvalue weighted by molar-refractivity contribution is 6.39. The first kappa shape index (κ1) is 19.8. The third-order valence-corrected chi connectivity index (χ3v) is 4.24. The lowest BCUT2D eigenvalue weighted by molar-refractivity contribution is -0.386. The molecular formula is C18H12ClN3O7. The molecule has 1 aliphatic rings. The number of halogens is 1. The number of nitro benzene ring substituents is 1. The molecule has 0 spiro atoms. The van der Waals surface area contributed by atoms with Gasteiger partial charge >= 0.3 is 11.7 Å². The Bertz CT molecular complexity index is 1080. The molecule has 2 aromatic rings. The van der Waals surface area contributed by atoms with E-state index in [-0.39, 0.29) is 17.0 Å². The van der Waals surface area contributed by atoms with E-state index < -0.39 is 39.8 Å². The molecule has 148 valence electrons. The van der Waals surface area contributed by atoms with Crippen molar-refractivity contribution in [1.29, 1.82) is 0 Å². The number of hydrogen-bond donors (Lipinski definition) is 2. The minimum Gasteiger partial charge on any atom is -0.500 e. The maximum Gasteiger partial charge on any atom is 0.335 e. The van der Waals surface area contributed by atoms with Gasteiger partial charge in [-0.1, -0.05) is 11.6 Å². The third-order valence-electron chi connectivity index (χ3n) is 3.99. The van der Waals surface area contributed by atoms with Gasteiger partial charge < -0.3 is 9.84 Å². The lowest BCUT2D eigenvalue weighted by Gasteiger charge is -2.26. The highest BCUT2D eigenvalue weighted by Crippen LogP contribution is 2.37. The molecule has 0 atom stereocenters. The molecule has 0 radical (unpaired) electrons. The number of carbonyl (C=O) groups excluding carboxylic acids is 3. The van der Waals surface area contributed by atoms with Crippen LogP contribution in [0.5, 0.6) is 11.5 Å². The van der Waals surface area contributed by atoms with Crippen molar-refractivity contribution in [3.05, 3.63) is 62.7 Å². The molecule has 0 aliphatic carbocycles. The predicted octanol–water partition coefficient (Wildman–Crippen LogP) is 2.63. The van der Waals surface area contributed by atoms with Crippen LogP contribution in [0.2, 0.25) is 5.02 Å². The summed E-state index contributed by atoms with van der Waals surface area (Å²) in [5, 5.41) is 23.4. The van der Waals surface area contributed by atoms with E-state index in [0.29, 0.717) is 5.02 Å². The Balaban J connectivity index is 2.08. The highest BCUT2D eigenvalue weighted by Gasteiger charge is 2.37. The normalized spacial score (nSPS) is 15.4. The molecule has 4 amide bonds. The zero-order chi connectivity index (χ0) is 21.3. The Hall–Kier alpha value is -3.92. The summed E-state index contributed by atoms with van der Waals surface area (Å²) in [5.74, 6) is -2.83. The Morgan fingerprint density at radius 2 is 1.86 bits per heavy atom. The van der Waals surface area contributed by atoms with E-state index in [9.17, 15) is 29.6 Å². The summed E-state index contributed by atoms with van der Waals surface area (Å²) in [6.45, 7) is 0. The lowest BCUT2D eigenvalue weighted by Crippen LogP contribution is -2.54. The zero-order valence-electron chi connectivity index (χ0n) is 14.7. The van der Waals surface area contributed by atoms with Gasteiger partial charge in [-0.15, -0.1) is 0 Å². The van der Waals surface area contributed by atoms with Crippen molar-refractivity contribution >= 4 is 46.9 Å². The number of nitro groups is 1. The largest absolute Gasteiger partial charge is 0.500 e. The van der Waals surface area contributed by atoms with Crippen LogP contribution in [0.1, 0.15) is 5.56 Å². The van der Waals surface area contributed by atoms with Crippen LogP contribution in [0.4, 0.5) is 16.2 Å². The van der Waals surface area contributed by atoms with Crippen LogP contribution in [-0.4, -0.2) is 35.0 Å². The molecule has 1 fully saturated rings. The average Bonchev–Trinajstić information content (AvgIpc) is 2.67. The summed E-state index contributed by atoms with van der Waals surface area (Å²) in [7, 11) is 1.19. The van der Waals surface area contributed by atoms with E-state index in [2.05, 4.69) is 0 Å². The Morgan fingerprint density at radius 1 is 1.21 bits per heavy atom.